The Morgan fingerprint density at radius 2 is 1.68 bits per heavy atom. The normalized spacial score (nSPS) is 13.3. The maximum atomic E-state index is 12.2. The molecule has 0 aliphatic rings. The topological polar surface area (TPSA) is 80.3 Å². The number of aryl methyl sites for hydroxylation is 1. The molecule has 0 unspecified atom stereocenters. The highest BCUT2D eigenvalue weighted by Crippen LogP contribution is 2.28. The number of hydrogen-bond acceptors (Lipinski definition) is 4. The Balaban J connectivity index is 3.20. The predicted octanol–water partition coefficient (Wildman–Crippen LogP) is 2.18. The van der Waals surface area contributed by atoms with Crippen LogP contribution >= 0.6 is 10.7 Å². The minimum Gasteiger partial charge on any atom is -0.276 e. The van der Waals surface area contributed by atoms with Crippen LogP contribution in [0.3, 0.4) is 0 Å². The molecule has 0 bridgehead atoms. The molecule has 0 aliphatic heterocycles. The highest BCUT2D eigenvalue weighted by Gasteiger charge is 2.46. The van der Waals surface area contributed by atoms with Crippen LogP contribution in [0.5, 0.6) is 0 Å². The van der Waals surface area contributed by atoms with E-state index in [9.17, 15) is 30.0 Å². The molecule has 0 fully saturated rings. The maximum Gasteiger partial charge on any atom is 0.516 e. The Kier molecular flexibility index (Phi) is 4.09. The summed E-state index contributed by atoms with van der Waals surface area (Å²) in [4.78, 5) is -0.346. The van der Waals surface area contributed by atoms with Gasteiger partial charge in [-0.05, 0) is 30.7 Å². The Morgan fingerprint density at radius 3 is 2.05 bits per heavy atom. The van der Waals surface area contributed by atoms with E-state index in [2.05, 4.69) is 0 Å². The molecule has 0 aromatic heterocycles. The van der Waals surface area contributed by atoms with Gasteiger partial charge in [0.05, 0.1) is 10.6 Å². The summed E-state index contributed by atoms with van der Waals surface area (Å²) in [6, 6.07) is 2.73. The van der Waals surface area contributed by atoms with Gasteiger partial charge < -0.3 is 0 Å². The van der Waals surface area contributed by atoms with Crippen molar-refractivity contribution in [3.8, 4) is 0 Å². The molecule has 0 saturated heterocycles. The van der Waals surface area contributed by atoms with Gasteiger partial charge in [-0.15, -0.1) is 0 Å². The van der Waals surface area contributed by atoms with Crippen molar-refractivity contribution in [3.05, 3.63) is 23.8 Å². The lowest BCUT2D eigenvalue weighted by molar-refractivity contribution is -0.0429. The molecule has 0 aliphatic carbocycles. The summed E-state index contributed by atoms with van der Waals surface area (Å²) in [6.07, 6.45) is 0. The Labute approximate surface area is 111 Å². The monoisotopic (exact) mass is 337 g/mol. The summed E-state index contributed by atoms with van der Waals surface area (Å²) in [6.45, 7) is 1.24. The summed E-state index contributed by atoms with van der Waals surface area (Å²) in [5.41, 5.74) is -5.87. The quantitative estimate of drug-likeness (QED) is 0.857. The fraction of sp³-hybridized carbons (Fsp3) is 0.250. The molecular formula is C8H7ClF3NO4S2. The number of benzene rings is 1. The third-order valence-corrected chi connectivity index (χ3v) is 4.48. The Bertz CT molecular complexity index is 697. The van der Waals surface area contributed by atoms with E-state index in [1.54, 1.807) is 0 Å². The summed E-state index contributed by atoms with van der Waals surface area (Å²) in [5.74, 6) is 0. The summed E-state index contributed by atoms with van der Waals surface area (Å²) in [5, 5.41) is 0. The van der Waals surface area contributed by atoms with E-state index in [0.717, 1.165) is 18.2 Å². The van der Waals surface area contributed by atoms with Gasteiger partial charge in [0.2, 0.25) is 0 Å². The first-order valence-electron chi connectivity index (χ1n) is 4.49. The number of rotatable bonds is 3. The molecule has 11 heteroatoms. The van der Waals surface area contributed by atoms with Gasteiger partial charge in [0.15, 0.2) is 0 Å². The van der Waals surface area contributed by atoms with E-state index in [1.165, 1.54) is 11.6 Å². The van der Waals surface area contributed by atoms with Crippen LogP contribution in [0.2, 0.25) is 0 Å². The van der Waals surface area contributed by atoms with E-state index in [-0.39, 0.29) is 16.1 Å². The van der Waals surface area contributed by atoms with Crippen LogP contribution in [-0.4, -0.2) is 22.3 Å². The van der Waals surface area contributed by atoms with E-state index in [4.69, 9.17) is 10.7 Å². The molecule has 5 nitrogen and oxygen atoms in total. The highest BCUT2D eigenvalue weighted by atomic mass is 35.7. The second-order valence-electron chi connectivity index (χ2n) is 3.47. The molecule has 0 heterocycles. The van der Waals surface area contributed by atoms with Crippen molar-refractivity contribution in [1.82, 2.24) is 0 Å². The third kappa shape index (κ3) is 3.74. The number of nitrogens with one attached hydrogen (secondary N) is 1. The fourth-order valence-electron chi connectivity index (χ4n) is 1.10. The zero-order valence-electron chi connectivity index (χ0n) is 9.19. The molecule has 0 amide bonds. The van der Waals surface area contributed by atoms with Crippen molar-refractivity contribution in [3.63, 3.8) is 0 Å². The van der Waals surface area contributed by atoms with Crippen molar-refractivity contribution < 1.29 is 30.0 Å². The molecule has 0 saturated carbocycles. The molecule has 1 aromatic carbocycles. The molecule has 0 atom stereocenters. The summed E-state index contributed by atoms with van der Waals surface area (Å²) < 4.78 is 81.5. The third-order valence-electron chi connectivity index (χ3n) is 2.03. The van der Waals surface area contributed by atoms with Crippen molar-refractivity contribution >= 4 is 35.4 Å². The Hall–Kier alpha value is -1.00. The van der Waals surface area contributed by atoms with Crippen LogP contribution in [0.4, 0.5) is 18.9 Å². The number of alkyl halides is 3. The van der Waals surface area contributed by atoms with Crippen molar-refractivity contribution in [1.29, 1.82) is 0 Å². The van der Waals surface area contributed by atoms with Gasteiger partial charge in [0.25, 0.3) is 9.05 Å². The van der Waals surface area contributed by atoms with Crippen LogP contribution in [0, 0.1) is 6.92 Å². The van der Waals surface area contributed by atoms with Crippen LogP contribution in [0.15, 0.2) is 23.1 Å². The molecule has 0 radical (unpaired) electrons. The van der Waals surface area contributed by atoms with Crippen LogP contribution in [0.25, 0.3) is 0 Å². The number of anilines is 1. The zero-order chi connectivity index (χ0) is 15.1. The fourth-order valence-corrected chi connectivity index (χ4v) is 2.58. The molecular weight excluding hydrogens is 331 g/mol. The van der Waals surface area contributed by atoms with Gasteiger partial charge in [0, 0.05) is 10.7 Å². The number of halogens is 4. The van der Waals surface area contributed by atoms with Crippen LogP contribution in [-0.2, 0) is 19.1 Å². The van der Waals surface area contributed by atoms with Gasteiger partial charge >= 0.3 is 15.5 Å². The first-order valence-corrected chi connectivity index (χ1v) is 8.28. The standard InChI is InChI=1S/C8H7ClF3NO4S2/c1-5-4-6(18(9,14)15)2-3-7(5)13-19(16,17)8(10,11)12/h2-4,13H,1H3. The predicted molar refractivity (Wildman–Crippen MR) is 62.8 cm³/mol. The lowest BCUT2D eigenvalue weighted by atomic mass is 10.2. The molecule has 108 valence electrons. The number of sulfonamides is 1. The first kappa shape index (κ1) is 16.1. The number of hydrogen-bond donors (Lipinski definition) is 1. The Morgan fingerprint density at radius 1 is 1.16 bits per heavy atom. The lowest BCUT2D eigenvalue weighted by Crippen LogP contribution is -2.30. The second kappa shape index (κ2) is 4.84. The minimum absolute atomic E-state index is 0.0189. The SMILES string of the molecule is Cc1cc(S(=O)(=O)Cl)ccc1NS(=O)(=O)C(F)(F)F. The van der Waals surface area contributed by atoms with E-state index >= 15 is 0 Å². The molecule has 1 rings (SSSR count). The van der Waals surface area contributed by atoms with Crippen LogP contribution < -0.4 is 4.72 Å². The second-order valence-corrected chi connectivity index (χ2v) is 7.71. The van der Waals surface area contributed by atoms with Gasteiger partial charge in [-0.1, -0.05) is 0 Å². The van der Waals surface area contributed by atoms with Crippen molar-refractivity contribution in [2.45, 2.75) is 17.3 Å². The van der Waals surface area contributed by atoms with Gasteiger partial charge in [-0.3, -0.25) is 4.72 Å². The minimum atomic E-state index is -5.55. The largest absolute Gasteiger partial charge is 0.516 e. The molecule has 19 heavy (non-hydrogen) atoms. The van der Waals surface area contributed by atoms with E-state index in [1.807, 2.05) is 0 Å². The summed E-state index contributed by atoms with van der Waals surface area (Å²) in [7, 11) is -4.55. The lowest BCUT2D eigenvalue weighted by Gasteiger charge is -2.12. The zero-order valence-corrected chi connectivity index (χ0v) is 11.6. The highest BCUT2D eigenvalue weighted by molar-refractivity contribution is 8.13. The van der Waals surface area contributed by atoms with Gasteiger partial charge in [0.1, 0.15) is 0 Å². The molecule has 0 spiro atoms. The van der Waals surface area contributed by atoms with Gasteiger partial charge in [-0.25, -0.2) is 8.42 Å². The summed E-state index contributed by atoms with van der Waals surface area (Å²) >= 11 is 0. The average molecular weight is 338 g/mol. The van der Waals surface area contributed by atoms with Crippen LogP contribution in [0.1, 0.15) is 5.56 Å². The van der Waals surface area contributed by atoms with E-state index < -0.39 is 24.6 Å². The average Bonchev–Trinajstić information content (AvgIpc) is 2.17. The molecule has 1 N–H and O–H groups in total. The van der Waals surface area contributed by atoms with Crippen molar-refractivity contribution in [2.75, 3.05) is 4.72 Å². The van der Waals surface area contributed by atoms with Crippen molar-refractivity contribution in [2.24, 2.45) is 0 Å². The van der Waals surface area contributed by atoms with E-state index in [0.29, 0.717) is 0 Å². The first-order chi connectivity index (χ1) is 8.34. The van der Waals surface area contributed by atoms with Gasteiger partial charge in [-0.2, -0.15) is 21.6 Å². The molecule has 1 aromatic rings. The maximum absolute atomic E-state index is 12.2. The smallest absolute Gasteiger partial charge is 0.276 e.